The molecule has 0 heterocycles. The zero-order valence-electron chi connectivity index (χ0n) is 21.7. The van der Waals surface area contributed by atoms with Crippen LogP contribution in [0.2, 0.25) is 0 Å². The Labute approximate surface area is 210 Å². The Morgan fingerprint density at radius 2 is 1.86 bits per heavy atom. The van der Waals surface area contributed by atoms with Crippen molar-refractivity contribution in [3.63, 3.8) is 0 Å². The number of ether oxygens (including phenoxy) is 2. The zero-order valence-corrected chi connectivity index (χ0v) is 21.7. The lowest BCUT2D eigenvalue weighted by Gasteiger charge is -2.17. The summed E-state index contributed by atoms with van der Waals surface area (Å²) < 4.78 is 10.3. The molecule has 0 saturated heterocycles. The highest BCUT2D eigenvalue weighted by molar-refractivity contribution is 5.69. The molecule has 1 aliphatic rings. The van der Waals surface area contributed by atoms with Gasteiger partial charge >= 0.3 is 11.9 Å². The van der Waals surface area contributed by atoms with Crippen LogP contribution in [-0.4, -0.2) is 63.9 Å². The first-order chi connectivity index (χ1) is 16.7. The number of unbranched alkanes of at least 4 members (excludes halogenated alkanes) is 4. The third-order valence-corrected chi connectivity index (χ3v) is 6.30. The molecule has 0 aromatic heterocycles. The SMILES string of the molecule is CCCC[C@H](C)C[C@H](O)/C=C/[C@@H]1C(CCCCCCC(=O)OCC(O)CO)=C(OC(C)=O)C[C@H]1O. The van der Waals surface area contributed by atoms with Gasteiger partial charge in [0.05, 0.1) is 18.8 Å². The number of hydrogen-bond donors (Lipinski definition) is 4. The van der Waals surface area contributed by atoms with Crippen molar-refractivity contribution < 1.29 is 39.5 Å². The fourth-order valence-corrected chi connectivity index (χ4v) is 4.36. The minimum Gasteiger partial charge on any atom is -0.463 e. The van der Waals surface area contributed by atoms with Gasteiger partial charge in [-0.1, -0.05) is 58.1 Å². The molecular weight excluding hydrogens is 452 g/mol. The molecular formula is C27H46O8. The second kappa shape index (κ2) is 17.7. The van der Waals surface area contributed by atoms with Crippen molar-refractivity contribution in [2.24, 2.45) is 11.8 Å². The number of aliphatic hydroxyl groups is 4. The first-order valence-electron chi connectivity index (χ1n) is 13.1. The Morgan fingerprint density at radius 3 is 2.51 bits per heavy atom. The van der Waals surface area contributed by atoms with Gasteiger partial charge in [0.25, 0.3) is 0 Å². The molecule has 0 fully saturated rings. The van der Waals surface area contributed by atoms with Gasteiger partial charge < -0.3 is 29.9 Å². The van der Waals surface area contributed by atoms with Gasteiger partial charge in [0.1, 0.15) is 18.5 Å². The molecule has 4 N–H and O–H groups in total. The quantitative estimate of drug-likeness (QED) is 0.128. The predicted molar refractivity (Wildman–Crippen MR) is 133 cm³/mol. The molecule has 0 spiro atoms. The van der Waals surface area contributed by atoms with Gasteiger partial charge in [-0.05, 0) is 37.2 Å². The molecule has 8 heteroatoms. The molecule has 1 rings (SSSR count). The van der Waals surface area contributed by atoms with Crippen molar-refractivity contribution in [3.05, 3.63) is 23.5 Å². The molecule has 0 aromatic carbocycles. The maximum absolute atomic E-state index is 11.6. The summed E-state index contributed by atoms with van der Waals surface area (Å²) in [5, 5.41) is 39.0. The summed E-state index contributed by atoms with van der Waals surface area (Å²) in [5.74, 6) is -0.158. The smallest absolute Gasteiger partial charge is 0.307 e. The van der Waals surface area contributed by atoms with E-state index in [0.29, 0.717) is 30.9 Å². The summed E-state index contributed by atoms with van der Waals surface area (Å²) in [5.41, 5.74) is 0.896. The molecule has 1 aliphatic carbocycles. The Bertz CT molecular complexity index is 687. The van der Waals surface area contributed by atoms with Crippen LogP contribution in [0, 0.1) is 11.8 Å². The maximum atomic E-state index is 11.6. The number of carbonyl (C=O) groups excluding carboxylic acids is 2. The summed E-state index contributed by atoms with van der Waals surface area (Å²) in [6.45, 7) is 4.99. The topological polar surface area (TPSA) is 134 Å². The maximum Gasteiger partial charge on any atom is 0.307 e. The van der Waals surface area contributed by atoms with E-state index in [1.54, 1.807) is 6.08 Å². The summed E-state index contributed by atoms with van der Waals surface area (Å²) >= 11 is 0. The molecule has 0 aromatic rings. The molecule has 0 radical (unpaired) electrons. The summed E-state index contributed by atoms with van der Waals surface area (Å²) in [6, 6.07) is 0. The van der Waals surface area contributed by atoms with Crippen molar-refractivity contribution in [1.29, 1.82) is 0 Å². The lowest BCUT2D eigenvalue weighted by molar-refractivity contribution is -0.147. The lowest BCUT2D eigenvalue weighted by atomic mass is 9.92. The highest BCUT2D eigenvalue weighted by Crippen LogP contribution is 2.37. The van der Waals surface area contributed by atoms with Crippen LogP contribution in [0.1, 0.15) is 91.4 Å². The van der Waals surface area contributed by atoms with Crippen LogP contribution >= 0.6 is 0 Å². The van der Waals surface area contributed by atoms with Gasteiger partial charge in [-0.3, -0.25) is 9.59 Å². The number of esters is 2. The van der Waals surface area contributed by atoms with Gasteiger partial charge in [-0.2, -0.15) is 0 Å². The van der Waals surface area contributed by atoms with Gasteiger partial charge in [0.2, 0.25) is 0 Å². The number of rotatable bonds is 18. The molecule has 5 atom stereocenters. The van der Waals surface area contributed by atoms with Crippen molar-refractivity contribution in [3.8, 4) is 0 Å². The minimum absolute atomic E-state index is 0.202. The highest BCUT2D eigenvalue weighted by Gasteiger charge is 2.33. The van der Waals surface area contributed by atoms with Gasteiger partial charge in [0.15, 0.2) is 0 Å². The fourth-order valence-electron chi connectivity index (χ4n) is 4.36. The largest absolute Gasteiger partial charge is 0.463 e. The van der Waals surface area contributed by atoms with Crippen LogP contribution in [-0.2, 0) is 19.1 Å². The number of hydrogen-bond acceptors (Lipinski definition) is 8. The minimum atomic E-state index is -1.05. The van der Waals surface area contributed by atoms with E-state index in [1.165, 1.54) is 6.92 Å². The van der Waals surface area contributed by atoms with Gasteiger partial charge in [-0.15, -0.1) is 0 Å². The number of carbonyl (C=O) groups is 2. The molecule has 0 amide bonds. The summed E-state index contributed by atoms with van der Waals surface area (Å²) in [7, 11) is 0. The van der Waals surface area contributed by atoms with E-state index in [9.17, 15) is 24.9 Å². The van der Waals surface area contributed by atoms with E-state index < -0.39 is 36.9 Å². The summed E-state index contributed by atoms with van der Waals surface area (Å²) in [6.07, 6.45) is 9.64. The first-order valence-corrected chi connectivity index (χ1v) is 13.1. The van der Waals surface area contributed by atoms with E-state index in [2.05, 4.69) is 13.8 Å². The Kier molecular flexibility index (Phi) is 15.8. The molecule has 1 unspecified atom stereocenters. The lowest BCUT2D eigenvalue weighted by Crippen LogP contribution is -2.21. The average Bonchev–Trinajstić information content (AvgIpc) is 3.09. The zero-order chi connectivity index (χ0) is 26.2. The second-order valence-electron chi connectivity index (χ2n) is 9.71. The predicted octanol–water partition coefficient (Wildman–Crippen LogP) is 3.55. The Balaban J connectivity index is 2.56. The van der Waals surface area contributed by atoms with Crippen LogP contribution in [0.5, 0.6) is 0 Å². The van der Waals surface area contributed by atoms with Crippen LogP contribution in [0.25, 0.3) is 0 Å². The van der Waals surface area contributed by atoms with E-state index in [1.807, 2.05) is 6.08 Å². The van der Waals surface area contributed by atoms with Gasteiger partial charge in [0, 0.05) is 25.7 Å². The Morgan fingerprint density at radius 1 is 1.14 bits per heavy atom. The average molecular weight is 499 g/mol. The molecule has 0 bridgehead atoms. The van der Waals surface area contributed by atoms with Crippen LogP contribution < -0.4 is 0 Å². The van der Waals surface area contributed by atoms with Crippen molar-refractivity contribution in [2.75, 3.05) is 13.2 Å². The summed E-state index contributed by atoms with van der Waals surface area (Å²) in [4.78, 5) is 23.2. The number of aliphatic hydroxyl groups excluding tert-OH is 4. The third kappa shape index (κ3) is 13.2. The van der Waals surface area contributed by atoms with E-state index in [4.69, 9.17) is 14.6 Å². The van der Waals surface area contributed by atoms with E-state index in [-0.39, 0.29) is 25.4 Å². The van der Waals surface area contributed by atoms with Crippen LogP contribution in [0.3, 0.4) is 0 Å². The monoisotopic (exact) mass is 498 g/mol. The molecule has 202 valence electrons. The molecule has 8 nitrogen and oxygen atoms in total. The molecule has 0 saturated carbocycles. The van der Waals surface area contributed by atoms with Crippen LogP contribution in [0.4, 0.5) is 0 Å². The van der Waals surface area contributed by atoms with E-state index >= 15 is 0 Å². The first kappa shape index (κ1) is 31.3. The van der Waals surface area contributed by atoms with E-state index in [0.717, 1.165) is 44.1 Å². The van der Waals surface area contributed by atoms with Crippen molar-refractivity contribution in [1.82, 2.24) is 0 Å². The van der Waals surface area contributed by atoms with Crippen molar-refractivity contribution in [2.45, 2.75) is 110 Å². The Hall–Kier alpha value is -1.74. The van der Waals surface area contributed by atoms with Gasteiger partial charge in [-0.25, -0.2) is 0 Å². The molecule has 35 heavy (non-hydrogen) atoms. The second-order valence-corrected chi connectivity index (χ2v) is 9.71. The molecule has 0 aliphatic heterocycles. The van der Waals surface area contributed by atoms with Crippen molar-refractivity contribution >= 4 is 11.9 Å². The third-order valence-electron chi connectivity index (χ3n) is 6.30. The highest BCUT2D eigenvalue weighted by atomic mass is 16.5. The normalized spacial score (nSPS) is 20.8. The van der Waals surface area contributed by atoms with Crippen LogP contribution in [0.15, 0.2) is 23.5 Å². The fraction of sp³-hybridized carbons (Fsp3) is 0.778. The standard InChI is InChI=1S/C27H46O8/c1-4-5-10-19(2)15-21(30)13-14-23-24(26(16-25(23)32)35-20(3)29)11-8-6-7-9-12-27(33)34-18-22(31)17-28/h13-14,19,21-23,25,28,30-32H,4-12,15-18H2,1-3H3/b14-13+/t19-,21+,22?,23+,25+/m0/s1.